The SMILES string of the molecule is COC(=O)c1cccn(C[C@H]2CN(C(=O)O)CC(C(C)(C)C)O[C@H]2c2ccc(Cl)c(F)c2)c1=O. The maximum atomic E-state index is 14.4. The lowest BCUT2D eigenvalue weighted by atomic mass is 9.88. The van der Waals surface area contributed by atoms with Gasteiger partial charge >= 0.3 is 12.1 Å². The van der Waals surface area contributed by atoms with Crippen LogP contribution in [0, 0.1) is 17.2 Å². The van der Waals surface area contributed by atoms with Gasteiger partial charge in [0.1, 0.15) is 11.4 Å². The van der Waals surface area contributed by atoms with Gasteiger partial charge in [-0.05, 0) is 35.2 Å². The van der Waals surface area contributed by atoms with Gasteiger partial charge in [0.2, 0.25) is 0 Å². The standard InChI is InChI=1S/C24H28ClFN2O6/c1-24(2,3)19-13-28(23(31)32)12-15(20(34-19)14-7-8-17(25)18(26)10-14)11-27-9-5-6-16(21(27)29)22(30)33-4/h5-10,15,19-20H,11-13H2,1-4H3,(H,31,32)/t15-,19?,20-/m0/s1. The number of aromatic nitrogens is 1. The predicted octanol–water partition coefficient (Wildman–Crippen LogP) is 4.21. The Morgan fingerprint density at radius 2 is 1.97 bits per heavy atom. The molecular weight excluding hydrogens is 467 g/mol. The quantitative estimate of drug-likeness (QED) is 0.639. The van der Waals surface area contributed by atoms with Crippen LogP contribution in [0.1, 0.15) is 42.8 Å². The molecule has 34 heavy (non-hydrogen) atoms. The number of benzene rings is 1. The van der Waals surface area contributed by atoms with Gasteiger partial charge in [-0.25, -0.2) is 14.0 Å². The first-order chi connectivity index (χ1) is 15.9. The Balaban J connectivity index is 2.10. The molecule has 2 heterocycles. The number of pyridine rings is 1. The van der Waals surface area contributed by atoms with E-state index in [0.29, 0.717) is 5.56 Å². The second-order valence-electron chi connectivity index (χ2n) is 9.40. The summed E-state index contributed by atoms with van der Waals surface area (Å²) < 4.78 is 26.8. The minimum absolute atomic E-state index is 0.0270. The molecule has 0 bridgehead atoms. The highest BCUT2D eigenvalue weighted by molar-refractivity contribution is 6.30. The summed E-state index contributed by atoms with van der Waals surface area (Å²) in [6, 6.07) is 7.22. The van der Waals surface area contributed by atoms with Gasteiger partial charge in [0.15, 0.2) is 0 Å². The van der Waals surface area contributed by atoms with Crippen LogP contribution in [0.25, 0.3) is 0 Å². The van der Waals surface area contributed by atoms with Crippen molar-refractivity contribution in [1.82, 2.24) is 9.47 Å². The maximum Gasteiger partial charge on any atom is 0.407 e. The minimum Gasteiger partial charge on any atom is -0.465 e. The van der Waals surface area contributed by atoms with Crippen LogP contribution in [-0.2, 0) is 16.0 Å². The fourth-order valence-electron chi connectivity index (χ4n) is 4.01. The molecule has 0 aliphatic carbocycles. The van der Waals surface area contributed by atoms with Gasteiger partial charge in [0.25, 0.3) is 5.56 Å². The van der Waals surface area contributed by atoms with Crippen LogP contribution in [-0.4, -0.2) is 52.9 Å². The van der Waals surface area contributed by atoms with Gasteiger partial charge in [-0.2, -0.15) is 0 Å². The molecule has 1 unspecified atom stereocenters. The summed E-state index contributed by atoms with van der Waals surface area (Å²) in [4.78, 5) is 38.2. The van der Waals surface area contributed by atoms with Crippen LogP contribution in [0.3, 0.4) is 0 Å². The monoisotopic (exact) mass is 494 g/mol. The number of amides is 1. The first kappa shape index (κ1) is 25.7. The topological polar surface area (TPSA) is 98.1 Å². The summed E-state index contributed by atoms with van der Waals surface area (Å²) in [5.41, 5.74) is -0.663. The molecule has 10 heteroatoms. The first-order valence-electron chi connectivity index (χ1n) is 10.8. The highest BCUT2D eigenvalue weighted by Gasteiger charge is 2.40. The van der Waals surface area contributed by atoms with Crippen LogP contribution in [0.2, 0.25) is 5.02 Å². The van der Waals surface area contributed by atoms with E-state index in [1.807, 2.05) is 20.8 Å². The lowest BCUT2D eigenvalue weighted by Crippen LogP contribution is -2.42. The molecule has 3 rings (SSSR count). The van der Waals surface area contributed by atoms with Crippen LogP contribution < -0.4 is 5.56 Å². The van der Waals surface area contributed by atoms with Crippen molar-refractivity contribution in [3.8, 4) is 0 Å². The van der Waals surface area contributed by atoms with Gasteiger partial charge in [-0.1, -0.05) is 38.4 Å². The summed E-state index contributed by atoms with van der Waals surface area (Å²) in [7, 11) is 1.18. The molecule has 1 aromatic heterocycles. The summed E-state index contributed by atoms with van der Waals surface area (Å²) in [5, 5.41) is 9.79. The Morgan fingerprint density at radius 1 is 1.26 bits per heavy atom. The Morgan fingerprint density at radius 3 is 2.56 bits per heavy atom. The van der Waals surface area contributed by atoms with Gasteiger partial charge < -0.3 is 24.0 Å². The lowest BCUT2D eigenvalue weighted by Gasteiger charge is -2.34. The van der Waals surface area contributed by atoms with E-state index in [2.05, 4.69) is 4.74 Å². The van der Waals surface area contributed by atoms with Crippen molar-refractivity contribution >= 4 is 23.7 Å². The molecule has 3 atom stereocenters. The third-order valence-electron chi connectivity index (χ3n) is 5.95. The Bertz CT molecular complexity index is 1130. The molecule has 1 N–H and O–H groups in total. The number of carbonyl (C=O) groups is 2. The summed E-state index contributed by atoms with van der Waals surface area (Å²) in [6.07, 6.45) is -0.864. The number of rotatable bonds is 4. The molecule has 0 radical (unpaired) electrons. The summed E-state index contributed by atoms with van der Waals surface area (Å²) in [5.74, 6) is -1.97. The normalized spacial score (nSPS) is 21.1. The van der Waals surface area contributed by atoms with Crippen LogP contribution in [0.4, 0.5) is 9.18 Å². The molecule has 1 fully saturated rings. The van der Waals surface area contributed by atoms with Crippen LogP contribution in [0.15, 0.2) is 41.3 Å². The fraction of sp³-hybridized carbons (Fsp3) is 0.458. The zero-order valence-corrected chi connectivity index (χ0v) is 20.2. The van der Waals surface area contributed by atoms with E-state index in [-0.39, 0.29) is 30.2 Å². The number of esters is 1. The molecule has 0 saturated carbocycles. The average molecular weight is 495 g/mol. The number of carboxylic acid groups (broad SMARTS) is 1. The van der Waals surface area contributed by atoms with Crippen molar-refractivity contribution in [2.75, 3.05) is 20.2 Å². The zero-order valence-electron chi connectivity index (χ0n) is 19.5. The van der Waals surface area contributed by atoms with E-state index in [9.17, 15) is 23.9 Å². The largest absolute Gasteiger partial charge is 0.465 e. The van der Waals surface area contributed by atoms with Gasteiger partial charge in [-0.15, -0.1) is 0 Å². The third kappa shape index (κ3) is 5.59. The number of nitrogens with zero attached hydrogens (tertiary/aromatic N) is 2. The predicted molar refractivity (Wildman–Crippen MR) is 124 cm³/mol. The van der Waals surface area contributed by atoms with Crippen molar-refractivity contribution < 1.29 is 28.6 Å². The van der Waals surface area contributed by atoms with Crippen molar-refractivity contribution in [2.45, 2.75) is 39.5 Å². The molecule has 2 aromatic rings. The van der Waals surface area contributed by atoms with E-state index >= 15 is 0 Å². The van der Waals surface area contributed by atoms with E-state index in [1.54, 1.807) is 6.07 Å². The molecule has 0 spiro atoms. The maximum absolute atomic E-state index is 14.4. The second-order valence-corrected chi connectivity index (χ2v) is 9.81. The van der Waals surface area contributed by atoms with Crippen molar-refractivity contribution in [3.63, 3.8) is 0 Å². The Hall–Kier alpha value is -2.91. The number of methoxy groups -OCH3 is 1. The number of hydrogen-bond donors (Lipinski definition) is 1. The van der Waals surface area contributed by atoms with Gasteiger partial charge in [0.05, 0.1) is 30.9 Å². The molecule has 1 aliphatic heterocycles. The van der Waals surface area contributed by atoms with E-state index in [1.165, 1.54) is 47.0 Å². The van der Waals surface area contributed by atoms with Crippen molar-refractivity contribution in [3.05, 3.63) is 68.8 Å². The smallest absolute Gasteiger partial charge is 0.407 e. The first-order valence-corrected chi connectivity index (χ1v) is 11.2. The number of halogens is 2. The van der Waals surface area contributed by atoms with E-state index < -0.39 is 47.0 Å². The van der Waals surface area contributed by atoms with Crippen molar-refractivity contribution in [1.29, 1.82) is 0 Å². The third-order valence-corrected chi connectivity index (χ3v) is 6.25. The fourth-order valence-corrected chi connectivity index (χ4v) is 4.13. The molecular formula is C24H28ClFN2O6. The minimum atomic E-state index is -1.12. The number of carbonyl (C=O) groups excluding carboxylic acids is 1. The van der Waals surface area contributed by atoms with Crippen LogP contribution >= 0.6 is 11.6 Å². The Labute approximate surface area is 201 Å². The average Bonchev–Trinajstić information content (AvgIpc) is 2.97. The van der Waals surface area contributed by atoms with E-state index in [4.69, 9.17) is 16.3 Å². The molecule has 8 nitrogen and oxygen atoms in total. The summed E-state index contributed by atoms with van der Waals surface area (Å²) in [6.45, 7) is 5.97. The van der Waals surface area contributed by atoms with Gasteiger partial charge in [-0.3, -0.25) is 4.79 Å². The molecule has 1 aliphatic rings. The number of ether oxygens (including phenoxy) is 2. The highest BCUT2D eigenvalue weighted by Crippen LogP contribution is 2.38. The molecule has 1 aromatic carbocycles. The zero-order chi connectivity index (χ0) is 25.2. The van der Waals surface area contributed by atoms with Crippen molar-refractivity contribution in [2.24, 2.45) is 11.3 Å². The second kappa shape index (κ2) is 10.1. The van der Waals surface area contributed by atoms with Gasteiger partial charge in [0, 0.05) is 25.2 Å². The van der Waals surface area contributed by atoms with E-state index in [0.717, 1.165) is 0 Å². The molecule has 1 amide bonds. The Kier molecular flexibility index (Phi) is 7.67. The van der Waals surface area contributed by atoms with Crippen LogP contribution in [0.5, 0.6) is 0 Å². The summed E-state index contributed by atoms with van der Waals surface area (Å²) >= 11 is 5.87. The highest BCUT2D eigenvalue weighted by atomic mass is 35.5. The number of hydrogen-bond acceptors (Lipinski definition) is 5. The molecule has 1 saturated heterocycles. The lowest BCUT2D eigenvalue weighted by molar-refractivity contribution is -0.0790. The molecule has 184 valence electrons.